The summed E-state index contributed by atoms with van der Waals surface area (Å²) in [6, 6.07) is 7.48. The molecule has 0 aromatic heterocycles. The second kappa shape index (κ2) is 7.36. The number of nitro groups is 1. The van der Waals surface area contributed by atoms with Gasteiger partial charge in [-0.2, -0.15) is 0 Å². The maximum absolute atomic E-state index is 10.6. The Morgan fingerprint density at radius 1 is 1.35 bits per heavy atom. The topological polar surface area (TPSA) is 58.4 Å². The number of benzene rings is 1. The van der Waals surface area contributed by atoms with Gasteiger partial charge in [-0.3, -0.25) is 10.1 Å². The van der Waals surface area contributed by atoms with Crippen molar-refractivity contribution in [2.24, 2.45) is 0 Å². The molecule has 1 N–H and O–H groups in total. The predicted molar refractivity (Wildman–Crippen MR) is 79.9 cm³/mol. The van der Waals surface area contributed by atoms with Gasteiger partial charge in [0.15, 0.2) is 0 Å². The molecule has 0 radical (unpaired) electrons. The number of hydrogen-bond acceptors (Lipinski definition) is 4. The van der Waals surface area contributed by atoms with Gasteiger partial charge in [-0.25, -0.2) is 0 Å². The van der Waals surface area contributed by atoms with Gasteiger partial charge in [0.2, 0.25) is 0 Å². The predicted octanol–water partition coefficient (Wildman–Crippen LogP) is 2.21. The van der Waals surface area contributed by atoms with Gasteiger partial charge in [-0.15, -0.1) is 0 Å². The van der Waals surface area contributed by atoms with E-state index in [1.54, 1.807) is 12.1 Å². The first kappa shape index (κ1) is 14.9. The second-order valence-electron chi connectivity index (χ2n) is 5.58. The summed E-state index contributed by atoms with van der Waals surface area (Å²) in [4.78, 5) is 12.6. The van der Waals surface area contributed by atoms with Crippen LogP contribution in [0, 0.1) is 10.1 Å². The van der Waals surface area contributed by atoms with E-state index < -0.39 is 0 Å². The lowest BCUT2D eigenvalue weighted by molar-refractivity contribution is -0.384. The van der Waals surface area contributed by atoms with Crippen molar-refractivity contribution in [1.29, 1.82) is 0 Å². The lowest BCUT2D eigenvalue weighted by atomic mass is 10.0. The van der Waals surface area contributed by atoms with Crippen molar-refractivity contribution in [3.05, 3.63) is 39.9 Å². The third-order valence-corrected chi connectivity index (χ3v) is 3.87. The second-order valence-corrected chi connectivity index (χ2v) is 5.58. The van der Waals surface area contributed by atoms with Crippen molar-refractivity contribution in [2.45, 2.75) is 31.7 Å². The van der Waals surface area contributed by atoms with Crippen LogP contribution < -0.4 is 5.32 Å². The summed E-state index contributed by atoms with van der Waals surface area (Å²) in [7, 11) is 2.14. The lowest BCUT2D eigenvalue weighted by Gasteiger charge is -2.28. The molecule has 1 aliphatic heterocycles. The number of likely N-dealkylation sites (N-methyl/N-ethyl adjacent to an activating group) is 1. The van der Waals surface area contributed by atoms with Crippen LogP contribution in [0.4, 0.5) is 5.69 Å². The molecule has 1 aromatic carbocycles. The highest BCUT2D eigenvalue weighted by molar-refractivity contribution is 5.32. The van der Waals surface area contributed by atoms with Crippen LogP contribution in [-0.2, 0) is 6.42 Å². The van der Waals surface area contributed by atoms with Gasteiger partial charge in [0.1, 0.15) is 0 Å². The number of rotatable bonds is 6. The molecule has 0 amide bonds. The Labute approximate surface area is 120 Å². The van der Waals surface area contributed by atoms with E-state index in [9.17, 15) is 10.1 Å². The van der Waals surface area contributed by atoms with E-state index in [2.05, 4.69) is 17.3 Å². The largest absolute Gasteiger partial charge is 0.313 e. The van der Waals surface area contributed by atoms with Crippen molar-refractivity contribution in [1.82, 2.24) is 10.2 Å². The number of nitro benzene ring substituents is 1. The summed E-state index contributed by atoms with van der Waals surface area (Å²) in [5.74, 6) is 0. The smallest absolute Gasteiger partial charge is 0.269 e. The first-order chi connectivity index (χ1) is 9.65. The Morgan fingerprint density at radius 2 is 2.10 bits per heavy atom. The molecular weight excluding hydrogens is 254 g/mol. The average Bonchev–Trinajstić information content (AvgIpc) is 2.46. The molecule has 20 heavy (non-hydrogen) atoms. The number of piperidine rings is 1. The van der Waals surface area contributed by atoms with Crippen LogP contribution in [0.1, 0.15) is 24.8 Å². The fraction of sp³-hybridized carbons (Fsp3) is 0.600. The molecule has 5 nitrogen and oxygen atoms in total. The van der Waals surface area contributed by atoms with E-state index in [1.165, 1.54) is 19.3 Å². The highest BCUT2D eigenvalue weighted by Crippen LogP contribution is 2.13. The summed E-state index contributed by atoms with van der Waals surface area (Å²) < 4.78 is 0. The Bertz CT molecular complexity index is 427. The summed E-state index contributed by atoms with van der Waals surface area (Å²) in [6.07, 6.45) is 4.82. The third kappa shape index (κ3) is 4.58. The minimum atomic E-state index is -0.356. The zero-order valence-corrected chi connectivity index (χ0v) is 12.0. The highest BCUT2D eigenvalue weighted by atomic mass is 16.6. The number of hydrogen-bond donors (Lipinski definition) is 1. The molecule has 1 unspecified atom stereocenters. The molecule has 0 saturated carbocycles. The SMILES string of the molecule is CN(CCc1ccc([N+](=O)[O-])cc1)CC1CCCCN1. The normalized spacial score (nSPS) is 19.2. The van der Waals surface area contributed by atoms with Gasteiger partial charge >= 0.3 is 0 Å². The minimum absolute atomic E-state index is 0.161. The zero-order chi connectivity index (χ0) is 14.4. The molecule has 5 heteroatoms. The molecule has 1 atom stereocenters. The molecule has 0 spiro atoms. The van der Waals surface area contributed by atoms with Crippen LogP contribution >= 0.6 is 0 Å². The Morgan fingerprint density at radius 3 is 2.70 bits per heavy atom. The number of nitrogens with zero attached hydrogens (tertiary/aromatic N) is 2. The molecule has 1 saturated heterocycles. The standard InChI is InChI=1S/C15H23N3O2/c1-17(12-14-4-2-3-10-16-14)11-9-13-5-7-15(8-6-13)18(19)20/h5-8,14,16H,2-4,9-12H2,1H3. The molecule has 0 aliphatic carbocycles. The summed E-state index contributed by atoms with van der Waals surface area (Å²) >= 11 is 0. The van der Waals surface area contributed by atoms with Crippen molar-refractivity contribution in [3.63, 3.8) is 0 Å². The van der Waals surface area contributed by atoms with E-state index >= 15 is 0 Å². The number of non-ortho nitro benzene ring substituents is 1. The fourth-order valence-electron chi connectivity index (χ4n) is 2.65. The Balaban J connectivity index is 1.74. The van der Waals surface area contributed by atoms with E-state index in [0.717, 1.165) is 31.6 Å². The van der Waals surface area contributed by atoms with Crippen molar-refractivity contribution in [3.8, 4) is 0 Å². The molecule has 0 bridgehead atoms. The van der Waals surface area contributed by atoms with E-state index in [-0.39, 0.29) is 10.6 Å². The van der Waals surface area contributed by atoms with Gasteiger partial charge in [0, 0.05) is 31.3 Å². The molecular formula is C15H23N3O2. The first-order valence-corrected chi connectivity index (χ1v) is 7.30. The van der Waals surface area contributed by atoms with E-state index in [4.69, 9.17) is 0 Å². The molecule has 110 valence electrons. The Kier molecular flexibility index (Phi) is 5.49. The maximum atomic E-state index is 10.6. The van der Waals surface area contributed by atoms with Crippen LogP contribution in [0.15, 0.2) is 24.3 Å². The van der Waals surface area contributed by atoms with Crippen molar-refractivity contribution < 1.29 is 4.92 Å². The van der Waals surface area contributed by atoms with Crippen LogP contribution in [0.3, 0.4) is 0 Å². The average molecular weight is 277 g/mol. The minimum Gasteiger partial charge on any atom is -0.313 e. The highest BCUT2D eigenvalue weighted by Gasteiger charge is 2.14. The lowest BCUT2D eigenvalue weighted by Crippen LogP contribution is -2.42. The fourth-order valence-corrected chi connectivity index (χ4v) is 2.65. The summed E-state index contributed by atoms with van der Waals surface area (Å²) in [5.41, 5.74) is 1.31. The van der Waals surface area contributed by atoms with Crippen LogP contribution in [0.5, 0.6) is 0 Å². The zero-order valence-electron chi connectivity index (χ0n) is 12.0. The van der Waals surface area contributed by atoms with E-state index in [0.29, 0.717) is 6.04 Å². The van der Waals surface area contributed by atoms with Gasteiger partial charge in [-0.1, -0.05) is 18.6 Å². The monoisotopic (exact) mass is 277 g/mol. The van der Waals surface area contributed by atoms with Gasteiger partial charge in [0.25, 0.3) is 5.69 Å². The van der Waals surface area contributed by atoms with Crippen molar-refractivity contribution >= 4 is 5.69 Å². The van der Waals surface area contributed by atoms with E-state index in [1.807, 2.05) is 12.1 Å². The van der Waals surface area contributed by atoms with Gasteiger partial charge in [-0.05, 0) is 38.4 Å². The molecule has 1 aliphatic rings. The molecule has 1 heterocycles. The number of nitrogens with one attached hydrogen (secondary N) is 1. The summed E-state index contributed by atoms with van der Waals surface area (Å²) in [6.45, 7) is 3.20. The van der Waals surface area contributed by atoms with Gasteiger partial charge in [0.05, 0.1) is 4.92 Å². The van der Waals surface area contributed by atoms with Crippen LogP contribution in [0.25, 0.3) is 0 Å². The van der Waals surface area contributed by atoms with Crippen LogP contribution in [0.2, 0.25) is 0 Å². The first-order valence-electron chi connectivity index (χ1n) is 7.30. The van der Waals surface area contributed by atoms with Crippen molar-refractivity contribution in [2.75, 3.05) is 26.7 Å². The quantitative estimate of drug-likeness (QED) is 0.640. The van der Waals surface area contributed by atoms with Crippen LogP contribution in [-0.4, -0.2) is 42.5 Å². The molecule has 1 fully saturated rings. The maximum Gasteiger partial charge on any atom is 0.269 e. The summed E-state index contributed by atoms with van der Waals surface area (Å²) in [5, 5.41) is 14.1. The van der Waals surface area contributed by atoms with Gasteiger partial charge < -0.3 is 10.2 Å². The molecule has 2 rings (SSSR count). The Hall–Kier alpha value is -1.46. The molecule has 1 aromatic rings. The third-order valence-electron chi connectivity index (χ3n) is 3.87.